The topological polar surface area (TPSA) is 17.1 Å². The van der Waals surface area contributed by atoms with E-state index in [0.29, 0.717) is 5.56 Å². The molecule has 0 atom stereocenters. The number of benzene rings is 3. The Morgan fingerprint density at radius 3 is 2.15 bits per heavy atom. The summed E-state index contributed by atoms with van der Waals surface area (Å²) in [5, 5.41) is 0. The van der Waals surface area contributed by atoms with Crippen molar-refractivity contribution < 1.29 is 4.79 Å². The van der Waals surface area contributed by atoms with Crippen LogP contribution in [-0.4, -0.2) is 6.29 Å². The van der Waals surface area contributed by atoms with Crippen LogP contribution in [0, 0.1) is 6.92 Å². The fourth-order valence-corrected chi connectivity index (χ4v) is 3.00. The van der Waals surface area contributed by atoms with Crippen LogP contribution in [0.15, 0.2) is 84.9 Å². The van der Waals surface area contributed by atoms with Crippen LogP contribution in [0.25, 0.3) is 17.2 Å². The number of aldehydes is 1. The molecule has 0 aliphatic carbocycles. The van der Waals surface area contributed by atoms with E-state index >= 15 is 0 Å². The first kappa shape index (κ1) is 17.6. The van der Waals surface area contributed by atoms with Gasteiger partial charge in [-0.3, -0.25) is 4.79 Å². The highest BCUT2D eigenvalue weighted by Gasteiger charge is 2.08. The molecule has 3 aromatic rings. The van der Waals surface area contributed by atoms with E-state index in [1.807, 2.05) is 42.5 Å². The van der Waals surface area contributed by atoms with E-state index in [4.69, 9.17) is 0 Å². The molecule has 0 spiro atoms. The zero-order valence-electron chi connectivity index (χ0n) is 15.1. The van der Waals surface area contributed by atoms with Crippen molar-refractivity contribution in [2.75, 3.05) is 0 Å². The van der Waals surface area contributed by atoms with Gasteiger partial charge in [0, 0.05) is 5.56 Å². The van der Waals surface area contributed by atoms with Gasteiger partial charge < -0.3 is 0 Å². The Kier molecular flexibility index (Phi) is 5.60. The van der Waals surface area contributed by atoms with Gasteiger partial charge >= 0.3 is 0 Å². The summed E-state index contributed by atoms with van der Waals surface area (Å²) >= 11 is 0. The van der Waals surface area contributed by atoms with E-state index in [9.17, 15) is 4.79 Å². The van der Waals surface area contributed by atoms with Gasteiger partial charge in [0.1, 0.15) is 0 Å². The van der Waals surface area contributed by atoms with Crippen molar-refractivity contribution in [3.8, 4) is 0 Å². The van der Waals surface area contributed by atoms with Crippen molar-refractivity contribution in [2.45, 2.75) is 13.8 Å². The van der Waals surface area contributed by atoms with E-state index < -0.39 is 0 Å². The highest BCUT2D eigenvalue weighted by atomic mass is 16.1. The Hall–Kier alpha value is -3.19. The molecule has 0 aliphatic heterocycles. The fourth-order valence-electron chi connectivity index (χ4n) is 3.00. The number of carbonyl (C=O) groups excluding carboxylic acids is 1. The Labute approximate surface area is 155 Å². The zero-order chi connectivity index (χ0) is 18.4. The van der Waals surface area contributed by atoms with Gasteiger partial charge in [0.05, 0.1) is 0 Å². The highest BCUT2D eigenvalue weighted by molar-refractivity contribution is 6.00. The molecule has 128 valence electrons. The zero-order valence-corrected chi connectivity index (χ0v) is 15.1. The largest absolute Gasteiger partial charge is 0.298 e. The minimum absolute atomic E-state index is 0.710. The monoisotopic (exact) mass is 338 g/mol. The molecule has 0 aromatic heterocycles. The lowest BCUT2D eigenvalue weighted by atomic mass is 9.92. The highest BCUT2D eigenvalue weighted by Crippen LogP contribution is 2.29. The van der Waals surface area contributed by atoms with Gasteiger partial charge in [0.2, 0.25) is 0 Å². The van der Waals surface area contributed by atoms with Crippen LogP contribution in [-0.2, 0) is 0 Å². The molecule has 0 bridgehead atoms. The third-order valence-corrected chi connectivity index (χ3v) is 4.50. The molecule has 1 nitrogen and oxygen atoms in total. The molecular weight excluding hydrogens is 316 g/mol. The second-order valence-electron chi connectivity index (χ2n) is 6.35. The molecule has 26 heavy (non-hydrogen) atoms. The van der Waals surface area contributed by atoms with Crippen molar-refractivity contribution in [1.82, 2.24) is 0 Å². The maximum absolute atomic E-state index is 11.5. The SMILES string of the molecule is C/C(=C(/C=C/c1ccc(C)cc1)c1ccccc1)c1ccccc1C=O. The van der Waals surface area contributed by atoms with Crippen LogP contribution < -0.4 is 0 Å². The molecule has 0 saturated carbocycles. The summed E-state index contributed by atoms with van der Waals surface area (Å²) in [6.45, 7) is 4.16. The van der Waals surface area contributed by atoms with Crippen molar-refractivity contribution in [2.24, 2.45) is 0 Å². The van der Waals surface area contributed by atoms with E-state index in [2.05, 4.69) is 62.4 Å². The predicted molar refractivity (Wildman–Crippen MR) is 111 cm³/mol. The maximum atomic E-state index is 11.5. The van der Waals surface area contributed by atoms with Gasteiger partial charge in [-0.1, -0.05) is 96.6 Å². The van der Waals surface area contributed by atoms with Gasteiger partial charge in [-0.05, 0) is 41.7 Å². The summed E-state index contributed by atoms with van der Waals surface area (Å²) < 4.78 is 0. The summed E-state index contributed by atoms with van der Waals surface area (Å²) in [6.07, 6.45) is 5.18. The molecule has 0 heterocycles. The number of allylic oxidation sites excluding steroid dienone is 3. The third-order valence-electron chi connectivity index (χ3n) is 4.50. The molecule has 0 N–H and O–H groups in total. The molecule has 0 unspecified atom stereocenters. The molecule has 0 fully saturated rings. The standard InChI is InChI=1S/C25H22O/c1-19-12-14-21(15-13-19)16-17-25(22-8-4-3-5-9-22)20(2)24-11-7-6-10-23(24)18-26/h3-18H,1-2H3/b17-16+,25-20+. The van der Waals surface area contributed by atoms with E-state index in [1.54, 1.807) is 0 Å². The fraction of sp³-hybridized carbons (Fsp3) is 0.0800. The summed E-state index contributed by atoms with van der Waals surface area (Å²) in [4.78, 5) is 11.5. The molecule has 3 rings (SSSR count). The molecule has 0 radical (unpaired) electrons. The number of hydrogen-bond acceptors (Lipinski definition) is 1. The lowest BCUT2D eigenvalue weighted by molar-refractivity contribution is 0.112. The van der Waals surface area contributed by atoms with Gasteiger partial charge in [-0.2, -0.15) is 0 Å². The van der Waals surface area contributed by atoms with Crippen molar-refractivity contribution >= 4 is 23.5 Å². The summed E-state index contributed by atoms with van der Waals surface area (Å²) in [5.74, 6) is 0. The van der Waals surface area contributed by atoms with Crippen LogP contribution in [0.1, 0.15) is 39.5 Å². The van der Waals surface area contributed by atoms with Gasteiger partial charge in [-0.15, -0.1) is 0 Å². The number of hydrogen-bond donors (Lipinski definition) is 0. The van der Waals surface area contributed by atoms with Crippen LogP contribution in [0.2, 0.25) is 0 Å². The summed E-state index contributed by atoms with van der Waals surface area (Å²) in [5.41, 5.74) is 7.41. The Balaban J connectivity index is 2.11. The van der Waals surface area contributed by atoms with Crippen molar-refractivity contribution in [3.63, 3.8) is 0 Å². The molecule has 0 amide bonds. The minimum Gasteiger partial charge on any atom is -0.298 e. The Morgan fingerprint density at radius 1 is 0.808 bits per heavy atom. The first-order valence-corrected chi connectivity index (χ1v) is 8.74. The van der Waals surface area contributed by atoms with Crippen LogP contribution in [0.4, 0.5) is 0 Å². The van der Waals surface area contributed by atoms with Crippen LogP contribution >= 0.6 is 0 Å². The van der Waals surface area contributed by atoms with E-state index in [-0.39, 0.29) is 0 Å². The van der Waals surface area contributed by atoms with Gasteiger partial charge in [-0.25, -0.2) is 0 Å². The van der Waals surface area contributed by atoms with E-state index in [0.717, 1.165) is 34.1 Å². The predicted octanol–water partition coefficient (Wildman–Crippen LogP) is 6.45. The molecule has 1 heteroatoms. The maximum Gasteiger partial charge on any atom is 0.150 e. The second-order valence-corrected chi connectivity index (χ2v) is 6.35. The smallest absolute Gasteiger partial charge is 0.150 e. The molecule has 3 aromatic carbocycles. The lowest BCUT2D eigenvalue weighted by Gasteiger charge is -2.12. The van der Waals surface area contributed by atoms with Crippen LogP contribution in [0.5, 0.6) is 0 Å². The third kappa shape index (κ3) is 4.07. The summed E-state index contributed by atoms with van der Waals surface area (Å²) in [6, 6.07) is 26.5. The molecule has 0 saturated heterocycles. The lowest BCUT2D eigenvalue weighted by Crippen LogP contribution is -1.93. The van der Waals surface area contributed by atoms with E-state index in [1.165, 1.54) is 5.56 Å². The minimum atomic E-state index is 0.710. The van der Waals surface area contributed by atoms with Crippen LogP contribution in [0.3, 0.4) is 0 Å². The summed E-state index contributed by atoms with van der Waals surface area (Å²) in [7, 11) is 0. The number of rotatable bonds is 5. The van der Waals surface area contributed by atoms with Gasteiger partial charge in [0.15, 0.2) is 6.29 Å². The first-order valence-electron chi connectivity index (χ1n) is 8.74. The Morgan fingerprint density at radius 2 is 1.46 bits per heavy atom. The molecular formula is C25H22O. The first-order chi connectivity index (χ1) is 12.7. The molecule has 0 aliphatic rings. The normalized spacial score (nSPS) is 12.1. The quantitative estimate of drug-likeness (QED) is 0.297. The van der Waals surface area contributed by atoms with Crippen molar-refractivity contribution in [3.05, 3.63) is 113 Å². The number of carbonyl (C=O) groups is 1. The average molecular weight is 338 g/mol. The second kappa shape index (κ2) is 8.26. The van der Waals surface area contributed by atoms with Crippen molar-refractivity contribution in [1.29, 1.82) is 0 Å². The Bertz CT molecular complexity index is 945. The number of aryl methyl sites for hydroxylation is 1. The average Bonchev–Trinajstić information content (AvgIpc) is 2.70. The van der Waals surface area contributed by atoms with Gasteiger partial charge in [0.25, 0.3) is 0 Å².